The predicted molar refractivity (Wildman–Crippen MR) is 70.1 cm³/mol. The molecule has 1 N–H and O–H groups in total. The first-order valence-corrected chi connectivity index (χ1v) is 6.14. The minimum absolute atomic E-state index is 0.546. The summed E-state index contributed by atoms with van der Waals surface area (Å²) in [6.07, 6.45) is 1.14. The van der Waals surface area contributed by atoms with Crippen LogP contribution in [-0.2, 0) is 6.54 Å². The van der Waals surface area contributed by atoms with Crippen molar-refractivity contribution >= 4 is 5.82 Å². The largest absolute Gasteiger partial charge is 0.368 e. The topological polar surface area (TPSA) is 29.9 Å². The molecule has 0 aliphatic carbocycles. The van der Waals surface area contributed by atoms with Gasteiger partial charge in [0.15, 0.2) is 0 Å². The van der Waals surface area contributed by atoms with Crippen molar-refractivity contribution in [1.29, 1.82) is 0 Å². The van der Waals surface area contributed by atoms with Crippen molar-refractivity contribution in [3.63, 3.8) is 0 Å². The fraction of sp³-hybridized carbons (Fsp3) is 0.357. The van der Waals surface area contributed by atoms with Crippen LogP contribution in [0.4, 0.5) is 5.82 Å². The van der Waals surface area contributed by atoms with Gasteiger partial charge in [0.25, 0.3) is 0 Å². The number of nitrogens with zero attached hydrogens (tertiary/aromatic N) is 2. The molecule has 88 valence electrons. The normalized spacial score (nSPS) is 18.6. The lowest BCUT2D eigenvalue weighted by molar-refractivity contribution is 0.513. The number of aromatic nitrogens is 2. The lowest BCUT2D eigenvalue weighted by atomic mass is 10.1. The molecule has 0 spiro atoms. The van der Waals surface area contributed by atoms with Crippen LogP contribution in [0.2, 0.25) is 0 Å². The van der Waals surface area contributed by atoms with Gasteiger partial charge in [-0.3, -0.25) is 0 Å². The fourth-order valence-electron chi connectivity index (χ4n) is 2.21. The second-order valence-electron chi connectivity index (χ2n) is 4.84. The van der Waals surface area contributed by atoms with Gasteiger partial charge in [0.2, 0.25) is 0 Å². The molecule has 0 saturated carbocycles. The Balaban J connectivity index is 1.97. The molecular weight excluding hydrogens is 210 g/mol. The van der Waals surface area contributed by atoms with Gasteiger partial charge in [-0.2, -0.15) is 5.10 Å². The molecule has 3 heteroatoms. The summed E-state index contributed by atoms with van der Waals surface area (Å²) in [6, 6.07) is 11.2. The third-order valence-corrected chi connectivity index (χ3v) is 3.30. The van der Waals surface area contributed by atoms with Gasteiger partial charge >= 0.3 is 0 Å². The van der Waals surface area contributed by atoms with Crippen molar-refractivity contribution in [2.24, 2.45) is 0 Å². The highest BCUT2D eigenvalue weighted by Gasteiger charge is 2.16. The van der Waals surface area contributed by atoms with E-state index in [0.29, 0.717) is 6.04 Å². The van der Waals surface area contributed by atoms with Gasteiger partial charge in [0.05, 0.1) is 5.69 Å². The van der Waals surface area contributed by atoms with E-state index < -0.39 is 0 Å². The van der Waals surface area contributed by atoms with Gasteiger partial charge in [-0.15, -0.1) is 0 Å². The summed E-state index contributed by atoms with van der Waals surface area (Å²) in [5, 5.41) is 8.10. The highest BCUT2D eigenvalue weighted by atomic mass is 15.3. The molecule has 1 aliphatic rings. The Labute approximate surface area is 101 Å². The highest BCUT2D eigenvalue weighted by Crippen LogP contribution is 2.25. The Hall–Kier alpha value is -1.77. The van der Waals surface area contributed by atoms with Crippen LogP contribution in [0.25, 0.3) is 11.3 Å². The Kier molecular flexibility index (Phi) is 2.39. The summed E-state index contributed by atoms with van der Waals surface area (Å²) in [6.45, 7) is 5.32. The van der Waals surface area contributed by atoms with E-state index >= 15 is 0 Å². The average Bonchev–Trinajstić information content (AvgIpc) is 2.72. The maximum Gasteiger partial charge on any atom is 0.125 e. The van der Waals surface area contributed by atoms with E-state index in [4.69, 9.17) is 0 Å². The summed E-state index contributed by atoms with van der Waals surface area (Å²) in [5.74, 6) is 1.14. The second-order valence-corrected chi connectivity index (χ2v) is 4.84. The van der Waals surface area contributed by atoms with Crippen LogP contribution in [0.15, 0.2) is 30.3 Å². The molecule has 1 aromatic heterocycles. The summed E-state index contributed by atoms with van der Waals surface area (Å²) >= 11 is 0. The van der Waals surface area contributed by atoms with Crippen LogP contribution in [0.3, 0.4) is 0 Å². The number of rotatable bonds is 1. The molecule has 0 saturated heterocycles. The molecule has 17 heavy (non-hydrogen) atoms. The molecule has 1 aromatic carbocycles. The molecule has 1 atom stereocenters. The SMILES string of the molecule is Cc1ccc(-c2cc3n(n2)CCC(C)N3)cc1. The lowest BCUT2D eigenvalue weighted by Crippen LogP contribution is -2.25. The van der Waals surface area contributed by atoms with Crippen molar-refractivity contribution < 1.29 is 0 Å². The number of benzene rings is 1. The molecule has 1 aliphatic heterocycles. The molecule has 0 fully saturated rings. The zero-order valence-electron chi connectivity index (χ0n) is 10.3. The first-order chi connectivity index (χ1) is 8.22. The predicted octanol–water partition coefficient (Wildman–Crippen LogP) is 3.06. The van der Waals surface area contributed by atoms with Gasteiger partial charge in [-0.05, 0) is 20.3 Å². The van der Waals surface area contributed by atoms with Gasteiger partial charge in [-0.25, -0.2) is 4.68 Å². The molecule has 3 rings (SSSR count). The average molecular weight is 227 g/mol. The van der Waals surface area contributed by atoms with Crippen LogP contribution in [0, 0.1) is 6.92 Å². The smallest absolute Gasteiger partial charge is 0.125 e. The summed E-state index contributed by atoms with van der Waals surface area (Å²) in [7, 11) is 0. The number of hydrogen-bond acceptors (Lipinski definition) is 2. The Morgan fingerprint density at radius 3 is 2.82 bits per heavy atom. The molecule has 0 radical (unpaired) electrons. The zero-order chi connectivity index (χ0) is 11.8. The van der Waals surface area contributed by atoms with Gasteiger partial charge < -0.3 is 5.32 Å². The van der Waals surface area contributed by atoms with Gasteiger partial charge in [0.1, 0.15) is 5.82 Å². The standard InChI is InChI=1S/C14H17N3/c1-10-3-5-12(6-4-10)13-9-14-15-11(2)7-8-17(14)16-13/h3-6,9,11,15H,7-8H2,1-2H3. The van der Waals surface area contributed by atoms with E-state index in [9.17, 15) is 0 Å². The maximum absolute atomic E-state index is 4.64. The number of hydrogen-bond donors (Lipinski definition) is 1. The monoisotopic (exact) mass is 227 g/mol. The highest BCUT2D eigenvalue weighted by molar-refractivity contribution is 5.63. The van der Waals surface area contributed by atoms with E-state index in [0.717, 1.165) is 24.5 Å². The number of aryl methyl sites for hydroxylation is 2. The molecule has 2 aromatic rings. The van der Waals surface area contributed by atoms with Gasteiger partial charge in [0, 0.05) is 24.2 Å². The first-order valence-electron chi connectivity index (χ1n) is 6.14. The lowest BCUT2D eigenvalue weighted by Gasteiger charge is -2.21. The Morgan fingerprint density at radius 2 is 2.06 bits per heavy atom. The zero-order valence-corrected chi connectivity index (χ0v) is 10.3. The molecule has 2 heterocycles. The Bertz CT molecular complexity index is 525. The van der Waals surface area contributed by atoms with Crippen molar-refractivity contribution in [3.05, 3.63) is 35.9 Å². The Morgan fingerprint density at radius 1 is 1.29 bits per heavy atom. The van der Waals surface area contributed by atoms with Crippen LogP contribution in [0.5, 0.6) is 0 Å². The van der Waals surface area contributed by atoms with Crippen molar-refractivity contribution in [2.75, 3.05) is 5.32 Å². The molecule has 3 nitrogen and oxygen atoms in total. The summed E-state index contributed by atoms with van der Waals surface area (Å²) < 4.78 is 2.06. The number of fused-ring (bicyclic) bond motifs is 1. The molecule has 1 unspecified atom stereocenters. The van der Waals surface area contributed by atoms with E-state index in [1.165, 1.54) is 11.1 Å². The quantitative estimate of drug-likeness (QED) is 0.811. The van der Waals surface area contributed by atoms with Crippen molar-refractivity contribution in [1.82, 2.24) is 9.78 Å². The van der Waals surface area contributed by atoms with Crippen LogP contribution >= 0.6 is 0 Å². The van der Waals surface area contributed by atoms with E-state index in [2.05, 4.69) is 59.3 Å². The third kappa shape index (κ3) is 1.93. The van der Waals surface area contributed by atoms with Gasteiger partial charge in [-0.1, -0.05) is 29.8 Å². The molecule has 0 bridgehead atoms. The molecular formula is C14H17N3. The molecule has 0 amide bonds. The summed E-state index contributed by atoms with van der Waals surface area (Å²) in [5.41, 5.74) is 3.53. The van der Waals surface area contributed by atoms with E-state index in [1.54, 1.807) is 0 Å². The number of anilines is 1. The first kappa shape index (κ1) is 10.4. The minimum Gasteiger partial charge on any atom is -0.368 e. The minimum atomic E-state index is 0.546. The van der Waals surface area contributed by atoms with E-state index in [1.807, 2.05) is 0 Å². The van der Waals surface area contributed by atoms with Crippen LogP contribution in [-0.4, -0.2) is 15.8 Å². The third-order valence-electron chi connectivity index (χ3n) is 3.30. The van der Waals surface area contributed by atoms with Crippen molar-refractivity contribution in [3.8, 4) is 11.3 Å². The van der Waals surface area contributed by atoms with Crippen LogP contribution < -0.4 is 5.32 Å². The maximum atomic E-state index is 4.64. The fourth-order valence-corrected chi connectivity index (χ4v) is 2.21. The number of nitrogens with one attached hydrogen (secondary N) is 1. The second kappa shape index (κ2) is 3.91. The van der Waals surface area contributed by atoms with Crippen molar-refractivity contribution in [2.45, 2.75) is 32.9 Å². The summed E-state index contributed by atoms with van der Waals surface area (Å²) in [4.78, 5) is 0. The van der Waals surface area contributed by atoms with Crippen LogP contribution in [0.1, 0.15) is 18.9 Å². The van der Waals surface area contributed by atoms with E-state index in [-0.39, 0.29) is 0 Å².